The van der Waals surface area contributed by atoms with E-state index >= 15 is 0 Å². The summed E-state index contributed by atoms with van der Waals surface area (Å²) in [5, 5.41) is 0. The summed E-state index contributed by atoms with van der Waals surface area (Å²) < 4.78 is 103. The van der Waals surface area contributed by atoms with Gasteiger partial charge in [0, 0.05) is 0 Å². The fourth-order valence-electron chi connectivity index (χ4n) is 2.91. The Morgan fingerprint density at radius 3 is 2.03 bits per heavy atom. The standard InChI is InChI=1S/C23H17F7O2/c24-20-11-6-15(12-21(20)32-18-4-2-1-3-5-18)13-31-14-19(23(28,29)30)16-7-9-17(10-8-16)22(25,26)27/h1-12,19H,13-14H2. The van der Waals surface area contributed by atoms with Gasteiger partial charge < -0.3 is 9.47 Å². The number of ether oxygens (including phenoxy) is 2. The molecular weight excluding hydrogens is 441 g/mol. The second kappa shape index (κ2) is 9.60. The number of alkyl halides is 6. The molecular formula is C23H17F7O2. The minimum Gasteiger partial charge on any atom is -0.454 e. The summed E-state index contributed by atoms with van der Waals surface area (Å²) in [5.41, 5.74) is -1.02. The summed E-state index contributed by atoms with van der Waals surface area (Å²) in [6.45, 7) is -1.10. The van der Waals surface area contributed by atoms with Gasteiger partial charge in [-0.15, -0.1) is 0 Å². The van der Waals surface area contributed by atoms with Crippen LogP contribution in [0.2, 0.25) is 0 Å². The molecule has 0 saturated heterocycles. The molecule has 9 heteroatoms. The van der Waals surface area contributed by atoms with E-state index in [1.165, 1.54) is 12.1 Å². The van der Waals surface area contributed by atoms with Crippen molar-refractivity contribution in [1.82, 2.24) is 0 Å². The average molecular weight is 458 g/mol. The second-order valence-electron chi connectivity index (χ2n) is 6.91. The van der Waals surface area contributed by atoms with E-state index in [1.54, 1.807) is 30.3 Å². The number of hydrogen-bond donors (Lipinski definition) is 0. The predicted octanol–water partition coefficient (Wildman–Crippen LogP) is 7.50. The molecule has 2 nitrogen and oxygen atoms in total. The van der Waals surface area contributed by atoms with Crippen LogP contribution in [0.1, 0.15) is 22.6 Å². The lowest BCUT2D eigenvalue weighted by Gasteiger charge is -2.21. The molecule has 3 rings (SSSR count). The highest BCUT2D eigenvalue weighted by atomic mass is 19.4. The van der Waals surface area contributed by atoms with E-state index in [0.717, 1.165) is 18.2 Å². The van der Waals surface area contributed by atoms with Gasteiger partial charge in [0.15, 0.2) is 11.6 Å². The Morgan fingerprint density at radius 2 is 1.44 bits per heavy atom. The SMILES string of the molecule is Fc1ccc(COCC(c2ccc(C(F)(F)F)cc2)C(F)(F)F)cc1Oc1ccccc1. The van der Waals surface area contributed by atoms with Gasteiger partial charge >= 0.3 is 12.4 Å². The average Bonchev–Trinajstić information content (AvgIpc) is 2.73. The molecule has 0 aliphatic heterocycles. The van der Waals surface area contributed by atoms with Crippen LogP contribution in [0.15, 0.2) is 72.8 Å². The van der Waals surface area contributed by atoms with Crippen LogP contribution in [0, 0.1) is 5.82 Å². The Kier molecular flexibility index (Phi) is 7.08. The monoisotopic (exact) mass is 458 g/mol. The number of hydrogen-bond acceptors (Lipinski definition) is 2. The lowest BCUT2D eigenvalue weighted by molar-refractivity contribution is -0.163. The molecule has 0 radical (unpaired) electrons. The quantitative estimate of drug-likeness (QED) is 0.342. The molecule has 0 amide bonds. The predicted molar refractivity (Wildman–Crippen MR) is 103 cm³/mol. The largest absolute Gasteiger partial charge is 0.454 e. The van der Waals surface area contributed by atoms with Crippen molar-refractivity contribution in [3.8, 4) is 11.5 Å². The zero-order valence-electron chi connectivity index (χ0n) is 16.4. The minimum absolute atomic E-state index is 0.118. The van der Waals surface area contributed by atoms with Crippen LogP contribution in [0.25, 0.3) is 0 Å². The van der Waals surface area contributed by atoms with Crippen molar-refractivity contribution in [2.45, 2.75) is 24.9 Å². The zero-order valence-corrected chi connectivity index (χ0v) is 16.4. The van der Waals surface area contributed by atoms with E-state index in [1.807, 2.05) is 0 Å². The van der Waals surface area contributed by atoms with Crippen LogP contribution in [0.3, 0.4) is 0 Å². The van der Waals surface area contributed by atoms with Gasteiger partial charge in [-0.3, -0.25) is 0 Å². The second-order valence-corrected chi connectivity index (χ2v) is 6.91. The van der Waals surface area contributed by atoms with Crippen molar-refractivity contribution in [2.75, 3.05) is 6.61 Å². The third-order valence-electron chi connectivity index (χ3n) is 4.56. The van der Waals surface area contributed by atoms with E-state index in [2.05, 4.69) is 0 Å². The van der Waals surface area contributed by atoms with E-state index in [0.29, 0.717) is 23.4 Å². The van der Waals surface area contributed by atoms with Crippen molar-refractivity contribution >= 4 is 0 Å². The van der Waals surface area contributed by atoms with Crippen LogP contribution >= 0.6 is 0 Å². The van der Waals surface area contributed by atoms with Gasteiger partial charge in [-0.2, -0.15) is 26.3 Å². The summed E-state index contributed by atoms with van der Waals surface area (Å²) in [4.78, 5) is 0. The summed E-state index contributed by atoms with van der Waals surface area (Å²) >= 11 is 0. The van der Waals surface area contributed by atoms with E-state index in [4.69, 9.17) is 9.47 Å². The summed E-state index contributed by atoms with van der Waals surface area (Å²) in [6.07, 6.45) is -9.38. The molecule has 0 bridgehead atoms. The van der Waals surface area contributed by atoms with Gasteiger partial charge in [0.05, 0.1) is 18.8 Å². The maximum atomic E-state index is 14.0. The number of benzene rings is 3. The molecule has 1 atom stereocenters. The highest BCUT2D eigenvalue weighted by molar-refractivity contribution is 5.35. The lowest BCUT2D eigenvalue weighted by atomic mass is 9.98. The molecule has 0 N–H and O–H groups in total. The van der Waals surface area contributed by atoms with Crippen molar-refractivity contribution in [3.05, 3.63) is 95.3 Å². The summed E-state index contributed by atoms with van der Waals surface area (Å²) in [6, 6.07) is 14.9. The Hall–Kier alpha value is -3.07. The van der Waals surface area contributed by atoms with Crippen LogP contribution in [0.5, 0.6) is 11.5 Å². The number of para-hydroxylation sites is 1. The van der Waals surface area contributed by atoms with Gasteiger partial charge in [0.2, 0.25) is 0 Å². The molecule has 3 aromatic rings. The van der Waals surface area contributed by atoms with Gasteiger partial charge in [0.25, 0.3) is 0 Å². The lowest BCUT2D eigenvalue weighted by Crippen LogP contribution is -2.25. The van der Waals surface area contributed by atoms with Crippen molar-refractivity contribution in [1.29, 1.82) is 0 Å². The normalized spacial score (nSPS) is 13.1. The molecule has 0 aliphatic carbocycles. The van der Waals surface area contributed by atoms with Crippen LogP contribution in [0.4, 0.5) is 30.7 Å². The molecule has 0 spiro atoms. The van der Waals surface area contributed by atoms with Gasteiger partial charge in [-0.25, -0.2) is 4.39 Å². The first-order valence-electron chi connectivity index (χ1n) is 9.37. The summed E-state index contributed by atoms with van der Waals surface area (Å²) in [5.74, 6) is -2.52. The highest BCUT2D eigenvalue weighted by Gasteiger charge is 2.41. The van der Waals surface area contributed by atoms with E-state index in [9.17, 15) is 30.7 Å². The topological polar surface area (TPSA) is 18.5 Å². The van der Waals surface area contributed by atoms with Crippen molar-refractivity contribution in [2.24, 2.45) is 0 Å². The third-order valence-corrected chi connectivity index (χ3v) is 4.56. The fraction of sp³-hybridized carbons (Fsp3) is 0.217. The number of halogens is 7. The maximum Gasteiger partial charge on any atom is 0.416 e. The first kappa shape index (κ1) is 23.6. The van der Waals surface area contributed by atoms with Gasteiger partial charge in [0.1, 0.15) is 11.7 Å². The van der Waals surface area contributed by atoms with Gasteiger partial charge in [-0.1, -0.05) is 36.4 Å². The Labute approximate surface area is 179 Å². The van der Waals surface area contributed by atoms with Crippen LogP contribution in [-0.2, 0) is 17.5 Å². The molecule has 0 aromatic heterocycles. The third kappa shape index (κ3) is 6.23. The smallest absolute Gasteiger partial charge is 0.416 e. The Balaban J connectivity index is 1.68. The van der Waals surface area contributed by atoms with Crippen LogP contribution < -0.4 is 4.74 Å². The fourth-order valence-corrected chi connectivity index (χ4v) is 2.91. The van der Waals surface area contributed by atoms with Crippen molar-refractivity contribution in [3.63, 3.8) is 0 Å². The molecule has 0 saturated carbocycles. The molecule has 170 valence electrons. The zero-order chi connectivity index (χ0) is 23.4. The van der Waals surface area contributed by atoms with Gasteiger partial charge in [-0.05, 0) is 47.5 Å². The summed E-state index contributed by atoms with van der Waals surface area (Å²) in [7, 11) is 0. The molecule has 0 heterocycles. The Bertz CT molecular complexity index is 1010. The molecule has 32 heavy (non-hydrogen) atoms. The number of rotatable bonds is 7. The molecule has 0 fully saturated rings. The first-order valence-corrected chi connectivity index (χ1v) is 9.37. The van der Waals surface area contributed by atoms with Crippen LogP contribution in [-0.4, -0.2) is 12.8 Å². The van der Waals surface area contributed by atoms with Crippen molar-refractivity contribution < 1.29 is 40.2 Å². The van der Waals surface area contributed by atoms with E-state index < -0.39 is 36.3 Å². The molecule has 3 aromatic carbocycles. The highest BCUT2D eigenvalue weighted by Crippen LogP contribution is 2.37. The van der Waals surface area contributed by atoms with E-state index in [-0.39, 0.29) is 17.9 Å². The maximum absolute atomic E-state index is 14.0. The molecule has 0 aliphatic rings. The Morgan fingerprint density at radius 1 is 0.781 bits per heavy atom. The molecule has 1 unspecified atom stereocenters. The minimum atomic E-state index is -4.73. The first-order chi connectivity index (χ1) is 15.0.